The summed E-state index contributed by atoms with van der Waals surface area (Å²) in [6, 6.07) is 0. The summed E-state index contributed by atoms with van der Waals surface area (Å²) < 4.78 is 0. The zero-order valence-electron chi connectivity index (χ0n) is 16.6. The van der Waals surface area contributed by atoms with E-state index in [4.69, 9.17) is 5.11 Å². The Morgan fingerprint density at radius 3 is 1.84 bits per heavy atom. The van der Waals surface area contributed by atoms with Crippen LogP contribution in [0, 0.1) is 17.8 Å². The highest BCUT2D eigenvalue weighted by atomic mass is 16.4. The second-order valence-corrected chi connectivity index (χ2v) is 7.65. The second kappa shape index (κ2) is 15.2. The van der Waals surface area contributed by atoms with E-state index in [0.29, 0.717) is 12.3 Å². The molecule has 0 aliphatic heterocycles. The molecule has 0 aliphatic carbocycles. The van der Waals surface area contributed by atoms with Crippen molar-refractivity contribution in [1.82, 2.24) is 0 Å². The summed E-state index contributed by atoms with van der Waals surface area (Å²) in [5.41, 5.74) is 0. The van der Waals surface area contributed by atoms with Gasteiger partial charge in [0.25, 0.3) is 0 Å². The molecule has 0 aromatic heterocycles. The summed E-state index contributed by atoms with van der Waals surface area (Å²) in [6.07, 6.45) is 13.3. The molecular weight excluding hydrogens is 316 g/mol. The predicted molar refractivity (Wildman–Crippen MR) is 103 cm³/mol. The zero-order valence-corrected chi connectivity index (χ0v) is 16.6. The van der Waals surface area contributed by atoms with Crippen LogP contribution in [-0.4, -0.2) is 22.2 Å². The van der Waals surface area contributed by atoms with Crippen molar-refractivity contribution in [2.45, 2.75) is 104 Å². The molecule has 0 fully saturated rings. The van der Waals surface area contributed by atoms with Crippen LogP contribution in [0.4, 0.5) is 0 Å². The Morgan fingerprint density at radius 1 is 0.720 bits per heavy atom. The number of aliphatic carboxylic acids is 2. The molecule has 0 rings (SSSR count). The topological polar surface area (TPSA) is 74.6 Å². The van der Waals surface area contributed by atoms with Crippen molar-refractivity contribution in [2.75, 3.05) is 0 Å². The van der Waals surface area contributed by atoms with E-state index >= 15 is 0 Å². The molecule has 0 saturated heterocycles. The Kier molecular flexibility index (Phi) is 14.6. The van der Waals surface area contributed by atoms with Crippen LogP contribution in [0.5, 0.6) is 0 Å². The third-order valence-electron chi connectivity index (χ3n) is 5.24. The number of rotatable bonds is 17. The Bertz CT molecular complexity index is 354. The fourth-order valence-electron chi connectivity index (χ4n) is 3.53. The number of hydrogen-bond acceptors (Lipinski definition) is 2. The minimum atomic E-state index is -0.726. The van der Waals surface area contributed by atoms with Crippen LogP contribution < -0.4 is 0 Å². The van der Waals surface area contributed by atoms with E-state index in [2.05, 4.69) is 13.8 Å². The normalized spacial score (nSPS) is 14.8. The van der Waals surface area contributed by atoms with Crippen molar-refractivity contribution >= 4 is 11.9 Å². The maximum Gasteiger partial charge on any atom is 0.306 e. The van der Waals surface area contributed by atoms with Crippen LogP contribution in [0.1, 0.15) is 104 Å². The lowest BCUT2D eigenvalue weighted by Gasteiger charge is -2.21. The first-order chi connectivity index (χ1) is 11.9. The highest BCUT2D eigenvalue weighted by Gasteiger charge is 2.21. The van der Waals surface area contributed by atoms with Crippen LogP contribution >= 0.6 is 0 Å². The number of unbranched alkanes of at least 4 members (excludes halogenated alkanes) is 5. The Balaban J connectivity index is 4.09. The fraction of sp³-hybridized carbons (Fsp3) is 0.905. The molecule has 25 heavy (non-hydrogen) atoms. The van der Waals surface area contributed by atoms with Gasteiger partial charge in [-0.15, -0.1) is 0 Å². The lowest BCUT2D eigenvalue weighted by Crippen LogP contribution is -2.18. The van der Waals surface area contributed by atoms with Gasteiger partial charge in [0.15, 0.2) is 0 Å². The van der Waals surface area contributed by atoms with Crippen molar-refractivity contribution in [3.63, 3.8) is 0 Å². The summed E-state index contributed by atoms with van der Waals surface area (Å²) in [5.74, 6) is -1.30. The predicted octanol–water partition coefficient (Wildman–Crippen LogP) is 6.14. The van der Waals surface area contributed by atoms with Crippen molar-refractivity contribution in [3.05, 3.63) is 0 Å². The highest BCUT2D eigenvalue weighted by Crippen LogP contribution is 2.27. The van der Waals surface area contributed by atoms with Gasteiger partial charge < -0.3 is 10.2 Å². The summed E-state index contributed by atoms with van der Waals surface area (Å²) >= 11 is 0. The lowest BCUT2D eigenvalue weighted by molar-refractivity contribution is -0.143. The molecule has 0 aromatic rings. The van der Waals surface area contributed by atoms with Gasteiger partial charge in [0.1, 0.15) is 0 Å². The number of carboxylic acid groups (broad SMARTS) is 2. The van der Waals surface area contributed by atoms with Crippen LogP contribution in [-0.2, 0) is 9.59 Å². The van der Waals surface area contributed by atoms with Gasteiger partial charge in [0, 0.05) is 0 Å². The van der Waals surface area contributed by atoms with Gasteiger partial charge in [-0.05, 0) is 25.2 Å². The van der Waals surface area contributed by atoms with Crippen LogP contribution in [0.15, 0.2) is 0 Å². The maximum atomic E-state index is 11.6. The molecule has 148 valence electrons. The van der Waals surface area contributed by atoms with E-state index < -0.39 is 11.9 Å². The summed E-state index contributed by atoms with van der Waals surface area (Å²) in [6.45, 7) is 6.13. The zero-order chi connectivity index (χ0) is 19.1. The molecular formula is C21H40O4. The van der Waals surface area contributed by atoms with Gasteiger partial charge >= 0.3 is 11.9 Å². The minimum Gasteiger partial charge on any atom is -0.481 e. The lowest BCUT2D eigenvalue weighted by atomic mass is 9.85. The molecule has 0 amide bonds. The van der Waals surface area contributed by atoms with E-state index in [1.807, 2.05) is 0 Å². The van der Waals surface area contributed by atoms with Crippen LogP contribution in [0.3, 0.4) is 0 Å². The molecule has 0 heterocycles. The van der Waals surface area contributed by atoms with Gasteiger partial charge in [0.2, 0.25) is 0 Å². The van der Waals surface area contributed by atoms with Gasteiger partial charge in [-0.2, -0.15) is 0 Å². The Hall–Kier alpha value is -1.06. The Morgan fingerprint density at radius 2 is 1.32 bits per heavy atom. The summed E-state index contributed by atoms with van der Waals surface area (Å²) in [7, 11) is 0. The second-order valence-electron chi connectivity index (χ2n) is 7.65. The first-order valence-corrected chi connectivity index (χ1v) is 10.4. The smallest absolute Gasteiger partial charge is 0.306 e. The van der Waals surface area contributed by atoms with Crippen molar-refractivity contribution in [1.29, 1.82) is 0 Å². The fourth-order valence-corrected chi connectivity index (χ4v) is 3.53. The van der Waals surface area contributed by atoms with Crippen molar-refractivity contribution in [2.24, 2.45) is 17.8 Å². The molecule has 3 atom stereocenters. The van der Waals surface area contributed by atoms with E-state index in [9.17, 15) is 14.7 Å². The van der Waals surface area contributed by atoms with Gasteiger partial charge in [-0.1, -0.05) is 85.0 Å². The monoisotopic (exact) mass is 356 g/mol. The number of hydrogen-bond donors (Lipinski definition) is 2. The Labute approximate surface area is 154 Å². The first-order valence-electron chi connectivity index (χ1n) is 10.4. The average molecular weight is 357 g/mol. The SMILES string of the molecule is CCCCCC(CCC)CC(CCCCCCC(C)C(=O)O)C(=O)O. The van der Waals surface area contributed by atoms with E-state index in [1.54, 1.807) is 6.92 Å². The molecule has 0 saturated carbocycles. The van der Waals surface area contributed by atoms with E-state index in [1.165, 1.54) is 25.7 Å². The van der Waals surface area contributed by atoms with Crippen molar-refractivity contribution < 1.29 is 19.8 Å². The molecule has 2 N–H and O–H groups in total. The molecule has 0 aliphatic rings. The minimum absolute atomic E-state index is 0.212. The summed E-state index contributed by atoms with van der Waals surface area (Å²) in [4.78, 5) is 22.4. The molecule has 0 bridgehead atoms. The van der Waals surface area contributed by atoms with E-state index in [-0.39, 0.29) is 11.8 Å². The molecule has 0 aromatic carbocycles. The molecule has 0 spiro atoms. The standard InChI is InChI=1S/C21H40O4/c1-4-6-9-14-18(12-5-2)16-19(21(24)25)15-11-8-7-10-13-17(3)20(22)23/h17-19H,4-16H2,1-3H3,(H,22,23)(H,24,25). The van der Waals surface area contributed by atoms with Crippen molar-refractivity contribution in [3.8, 4) is 0 Å². The highest BCUT2D eigenvalue weighted by molar-refractivity contribution is 5.70. The maximum absolute atomic E-state index is 11.6. The van der Waals surface area contributed by atoms with Gasteiger partial charge in [0.05, 0.1) is 11.8 Å². The summed E-state index contributed by atoms with van der Waals surface area (Å²) in [5, 5.41) is 18.4. The van der Waals surface area contributed by atoms with Crippen LogP contribution in [0.2, 0.25) is 0 Å². The molecule has 4 nitrogen and oxygen atoms in total. The number of carbonyl (C=O) groups is 2. The number of carboxylic acids is 2. The quantitative estimate of drug-likeness (QED) is 0.307. The largest absolute Gasteiger partial charge is 0.481 e. The van der Waals surface area contributed by atoms with Gasteiger partial charge in [-0.25, -0.2) is 0 Å². The third-order valence-corrected chi connectivity index (χ3v) is 5.24. The first kappa shape index (κ1) is 23.9. The van der Waals surface area contributed by atoms with Gasteiger partial charge in [-0.3, -0.25) is 9.59 Å². The van der Waals surface area contributed by atoms with Crippen LogP contribution in [0.25, 0.3) is 0 Å². The molecule has 3 unspecified atom stereocenters. The van der Waals surface area contributed by atoms with E-state index in [0.717, 1.165) is 51.4 Å². The molecule has 4 heteroatoms. The molecule has 0 radical (unpaired) electrons. The third kappa shape index (κ3) is 12.9. The average Bonchev–Trinajstić information content (AvgIpc) is 2.56.